The summed E-state index contributed by atoms with van der Waals surface area (Å²) in [6.45, 7) is 0. The zero-order valence-electron chi connectivity index (χ0n) is 34.1. The van der Waals surface area contributed by atoms with E-state index < -0.39 is 0 Å². The Hall–Kier alpha value is -8.05. The second-order valence-electron chi connectivity index (χ2n) is 16.0. The molecule has 0 spiro atoms. The Kier molecular flexibility index (Phi) is 9.02. The fourth-order valence-corrected chi connectivity index (χ4v) is 10.1. The summed E-state index contributed by atoms with van der Waals surface area (Å²) < 4.78 is 2.42. The van der Waals surface area contributed by atoms with Crippen LogP contribution in [0.2, 0.25) is 0 Å². The number of nitrogens with zero attached hydrogens (tertiary/aromatic N) is 3. The Labute approximate surface area is 369 Å². The van der Waals surface area contributed by atoms with Crippen molar-refractivity contribution in [3.8, 4) is 78.7 Å². The molecule has 0 radical (unpaired) electrons. The zero-order chi connectivity index (χ0) is 41.7. The standard InChI is InChI=1S/C59H37N3S/c1-4-13-38(14-5-1)41-23-25-42(26-24-41)57-60-58(48-30-29-45-35-43(27-28-46(45)37-48)39-15-6-2-7-16-39)62-59(61-57)56-51(33-34-54-55(56)52-20-10-11-22-53(52)63-54)50-21-12-19-47-36-44(31-32-49(47)50)40-17-8-3-9-18-40/h1-37H. The Morgan fingerprint density at radius 1 is 0.270 bits per heavy atom. The lowest BCUT2D eigenvalue weighted by Gasteiger charge is -2.16. The molecular weight excluding hydrogens is 783 g/mol. The van der Waals surface area contributed by atoms with Crippen LogP contribution in [0.3, 0.4) is 0 Å². The maximum absolute atomic E-state index is 5.48. The van der Waals surface area contributed by atoms with Crippen molar-refractivity contribution in [2.45, 2.75) is 0 Å². The molecule has 0 bridgehead atoms. The zero-order valence-corrected chi connectivity index (χ0v) is 34.9. The summed E-state index contributed by atoms with van der Waals surface area (Å²) >= 11 is 1.81. The first-order chi connectivity index (χ1) is 31.2. The summed E-state index contributed by atoms with van der Waals surface area (Å²) in [5, 5.41) is 6.98. The molecule has 12 rings (SSSR count). The SMILES string of the molecule is c1ccc(-c2ccc(-c3nc(-c4ccc5cc(-c6ccccc6)ccc5c4)nc(-c4c(-c5cccc6cc(-c7ccccc7)ccc56)ccc5sc6ccccc6c45)n3)cc2)cc1. The maximum atomic E-state index is 5.48. The highest BCUT2D eigenvalue weighted by Gasteiger charge is 2.22. The second kappa shape index (κ2) is 15.4. The van der Waals surface area contributed by atoms with Gasteiger partial charge in [0.15, 0.2) is 17.5 Å². The molecule has 10 aromatic carbocycles. The van der Waals surface area contributed by atoms with Gasteiger partial charge >= 0.3 is 0 Å². The summed E-state index contributed by atoms with van der Waals surface area (Å²) in [6.07, 6.45) is 0. The maximum Gasteiger partial charge on any atom is 0.165 e. The molecule has 12 aromatic rings. The van der Waals surface area contributed by atoms with Gasteiger partial charge in [-0.25, -0.2) is 15.0 Å². The Morgan fingerprint density at radius 2 is 0.778 bits per heavy atom. The lowest BCUT2D eigenvalue weighted by molar-refractivity contribution is 1.08. The van der Waals surface area contributed by atoms with Crippen LogP contribution in [0.25, 0.3) is 120 Å². The third kappa shape index (κ3) is 6.74. The van der Waals surface area contributed by atoms with Gasteiger partial charge in [0.25, 0.3) is 0 Å². The minimum atomic E-state index is 0.627. The van der Waals surface area contributed by atoms with Crippen molar-refractivity contribution in [1.29, 1.82) is 0 Å². The van der Waals surface area contributed by atoms with Crippen molar-refractivity contribution in [1.82, 2.24) is 15.0 Å². The topological polar surface area (TPSA) is 38.7 Å². The van der Waals surface area contributed by atoms with Gasteiger partial charge in [0.05, 0.1) is 0 Å². The summed E-state index contributed by atoms with van der Waals surface area (Å²) in [5.74, 6) is 1.90. The smallest absolute Gasteiger partial charge is 0.165 e. The van der Waals surface area contributed by atoms with Crippen LogP contribution < -0.4 is 0 Å². The highest BCUT2D eigenvalue weighted by Crippen LogP contribution is 2.46. The van der Waals surface area contributed by atoms with Crippen LogP contribution in [0.15, 0.2) is 224 Å². The van der Waals surface area contributed by atoms with Crippen LogP contribution in [0.4, 0.5) is 0 Å². The van der Waals surface area contributed by atoms with E-state index >= 15 is 0 Å². The van der Waals surface area contributed by atoms with Crippen LogP contribution >= 0.6 is 11.3 Å². The molecule has 0 aliphatic carbocycles. The van der Waals surface area contributed by atoms with E-state index in [2.05, 4.69) is 218 Å². The molecule has 3 nitrogen and oxygen atoms in total. The van der Waals surface area contributed by atoms with Gasteiger partial charge in [0, 0.05) is 36.9 Å². The number of hydrogen-bond acceptors (Lipinski definition) is 4. The van der Waals surface area contributed by atoms with E-state index in [1.807, 2.05) is 17.4 Å². The van der Waals surface area contributed by atoms with E-state index in [1.165, 1.54) is 53.4 Å². The molecule has 2 aromatic heterocycles. The molecule has 0 aliphatic heterocycles. The van der Waals surface area contributed by atoms with E-state index in [0.717, 1.165) is 49.5 Å². The van der Waals surface area contributed by atoms with Gasteiger partial charge in [-0.05, 0) is 96.4 Å². The Morgan fingerprint density at radius 3 is 1.48 bits per heavy atom. The van der Waals surface area contributed by atoms with Crippen LogP contribution in [0.1, 0.15) is 0 Å². The number of benzene rings is 10. The number of aromatic nitrogens is 3. The molecule has 294 valence electrons. The normalized spacial score (nSPS) is 11.5. The molecule has 0 fully saturated rings. The second-order valence-corrected chi connectivity index (χ2v) is 17.0. The van der Waals surface area contributed by atoms with Crippen molar-refractivity contribution in [3.63, 3.8) is 0 Å². The molecule has 4 heteroatoms. The lowest BCUT2D eigenvalue weighted by Crippen LogP contribution is -2.02. The summed E-state index contributed by atoms with van der Waals surface area (Å²) in [4.78, 5) is 16.2. The average molecular weight is 820 g/mol. The van der Waals surface area contributed by atoms with Crippen molar-refractivity contribution in [2.75, 3.05) is 0 Å². The quantitative estimate of drug-likeness (QED) is 0.161. The molecule has 0 N–H and O–H groups in total. The molecule has 0 unspecified atom stereocenters. The number of fused-ring (bicyclic) bond motifs is 5. The van der Waals surface area contributed by atoms with E-state index in [-0.39, 0.29) is 0 Å². The lowest BCUT2D eigenvalue weighted by atomic mass is 9.90. The van der Waals surface area contributed by atoms with Gasteiger partial charge in [-0.3, -0.25) is 0 Å². The van der Waals surface area contributed by atoms with Gasteiger partial charge in [0.1, 0.15) is 0 Å². The van der Waals surface area contributed by atoms with Crippen molar-refractivity contribution < 1.29 is 0 Å². The molecule has 0 saturated heterocycles. The van der Waals surface area contributed by atoms with Crippen LogP contribution in [0, 0.1) is 0 Å². The van der Waals surface area contributed by atoms with Gasteiger partial charge in [0.2, 0.25) is 0 Å². The monoisotopic (exact) mass is 819 g/mol. The minimum absolute atomic E-state index is 0.627. The average Bonchev–Trinajstić information content (AvgIpc) is 3.75. The molecule has 2 heterocycles. The van der Waals surface area contributed by atoms with Crippen molar-refractivity contribution in [2.24, 2.45) is 0 Å². The van der Waals surface area contributed by atoms with E-state index in [4.69, 9.17) is 15.0 Å². The van der Waals surface area contributed by atoms with Gasteiger partial charge < -0.3 is 0 Å². The van der Waals surface area contributed by atoms with E-state index in [1.54, 1.807) is 0 Å². The fourth-order valence-electron chi connectivity index (χ4n) is 8.99. The molecular formula is C59H37N3S. The first-order valence-corrected chi connectivity index (χ1v) is 22.1. The number of thiophene rings is 1. The van der Waals surface area contributed by atoms with E-state index in [0.29, 0.717) is 17.5 Å². The predicted molar refractivity (Wildman–Crippen MR) is 266 cm³/mol. The van der Waals surface area contributed by atoms with Gasteiger partial charge in [-0.1, -0.05) is 194 Å². The Bertz CT molecular complexity index is 3650. The fraction of sp³-hybridized carbons (Fsp3) is 0. The molecule has 0 aliphatic rings. The van der Waals surface area contributed by atoms with Gasteiger partial charge in [-0.2, -0.15) is 0 Å². The minimum Gasteiger partial charge on any atom is -0.208 e. The largest absolute Gasteiger partial charge is 0.208 e. The van der Waals surface area contributed by atoms with Crippen LogP contribution in [0.5, 0.6) is 0 Å². The molecule has 0 saturated carbocycles. The van der Waals surface area contributed by atoms with Crippen molar-refractivity contribution >= 4 is 53.1 Å². The van der Waals surface area contributed by atoms with E-state index in [9.17, 15) is 0 Å². The Balaban J connectivity index is 1.09. The van der Waals surface area contributed by atoms with Crippen molar-refractivity contribution in [3.05, 3.63) is 224 Å². The van der Waals surface area contributed by atoms with Gasteiger partial charge in [-0.15, -0.1) is 11.3 Å². The highest BCUT2D eigenvalue weighted by atomic mass is 32.1. The summed E-state index contributed by atoms with van der Waals surface area (Å²) in [7, 11) is 0. The molecule has 63 heavy (non-hydrogen) atoms. The third-order valence-corrected chi connectivity index (χ3v) is 13.3. The predicted octanol–water partition coefficient (Wildman–Crippen LogP) is 16.2. The molecule has 0 amide bonds. The molecule has 0 atom stereocenters. The first kappa shape index (κ1) is 36.8. The van der Waals surface area contributed by atoms with Crippen LogP contribution in [-0.2, 0) is 0 Å². The summed E-state index contributed by atoms with van der Waals surface area (Å²) in [6, 6.07) is 80.0. The summed E-state index contributed by atoms with van der Waals surface area (Å²) in [5.41, 5.74) is 12.2. The highest BCUT2D eigenvalue weighted by molar-refractivity contribution is 7.26. The number of rotatable bonds is 7. The first-order valence-electron chi connectivity index (χ1n) is 21.2. The third-order valence-electron chi connectivity index (χ3n) is 12.1. The van der Waals surface area contributed by atoms with Crippen LogP contribution in [-0.4, -0.2) is 15.0 Å². The number of hydrogen-bond donors (Lipinski definition) is 0.